The van der Waals surface area contributed by atoms with Gasteiger partial charge in [-0.1, -0.05) is 0 Å². The van der Waals surface area contributed by atoms with E-state index in [1.54, 1.807) is 13.8 Å². The van der Waals surface area contributed by atoms with Crippen molar-refractivity contribution < 1.29 is 14.4 Å². The lowest BCUT2D eigenvalue weighted by Gasteiger charge is -2.28. The Bertz CT molecular complexity index is 417. The average molecular weight is 268 g/mol. The van der Waals surface area contributed by atoms with Gasteiger partial charge in [0.05, 0.1) is 0 Å². The highest BCUT2D eigenvalue weighted by molar-refractivity contribution is 6.07. The topological polar surface area (TPSA) is 105 Å². The summed E-state index contributed by atoms with van der Waals surface area (Å²) in [7, 11) is 0. The summed E-state index contributed by atoms with van der Waals surface area (Å²) in [4.78, 5) is 36.4. The number of urea groups is 1. The van der Waals surface area contributed by atoms with Crippen molar-refractivity contribution in [2.45, 2.75) is 38.3 Å². The van der Waals surface area contributed by atoms with Crippen LogP contribution in [0.3, 0.4) is 0 Å². The molecule has 2 aliphatic rings. The molecule has 1 aliphatic heterocycles. The molecule has 7 nitrogen and oxygen atoms in total. The third kappa shape index (κ3) is 2.70. The number of hydrogen-bond acceptors (Lipinski definition) is 4. The van der Waals surface area contributed by atoms with Crippen molar-refractivity contribution in [2.24, 2.45) is 11.7 Å². The van der Waals surface area contributed by atoms with Crippen LogP contribution in [-0.2, 0) is 9.59 Å². The predicted molar refractivity (Wildman–Crippen MR) is 68.0 cm³/mol. The summed E-state index contributed by atoms with van der Waals surface area (Å²) in [6.07, 6.45) is 2.16. The van der Waals surface area contributed by atoms with E-state index >= 15 is 0 Å². The summed E-state index contributed by atoms with van der Waals surface area (Å²) >= 11 is 0. The molecule has 1 unspecified atom stereocenters. The molecule has 1 atom stereocenters. The second-order valence-corrected chi connectivity index (χ2v) is 5.65. The van der Waals surface area contributed by atoms with Crippen LogP contribution in [0.2, 0.25) is 0 Å². The maximum Gasteiger partial charge on any atom is 0.325 e. The molecule has 7 heteroatoms. The first kappa shape index (κ1) is 13.8. The monoisotopic (exact) mass is 268 g/mol. The number of imide groups is 1. The molecule has 1 saturated heterocycles. The molecule has 106 valence electrons. The van der Waals surface area contributed by atoms with Gasteiger partial charge in [0.1, 0.15) is 12.1 Å². The smallest absolute Gasteiger partial charge is 0.325 e. The molecule has 2 rings (SSSR count). The first-order valence-corrected chi connectivity index (χ1v) is 6.48. The summed E-state index contributed by atoms with van der Waals surface area (Å²) in [5, 5.41) is 5.04. The molecule has 4 N–H and O–H groups in total. The van der Waals surface area contributed by atoms with Crippen molar-refractivity contribution >= 4 is 17.8 Å². The Morgan fingerprint density at radius 2 is 2.16 bits per heavy atom. The maximum atomic E-state index is 11.9. The van der Waals surface area contributed by atoms with Gasteiger partial charge in [-0.25, -0.2) is 4.79 Å². The van der Waals surface area contributed by atoms with Crippen LogP contribution >= 0.6 is 0 Å². The largest absolute Gasteiger partial charge is 0.350 e. The maximum absolute atomic E-state index is 11.9. The number of nitrogens with two attached hydrogens (primary N) is 1. The van der Waals surface area contributed by atoms with Crippen LogP contribution in [0.25, 0.3) is 0 Å². The van der Waals surface area contributed by atoms with Crippen LogP contribution in [0.5, 0.6) is 0 Å². The third-order valence-corrected chi connectivity index (χ3v) is 3.79. The zero-order chi connectivity index (χ0) is 14.2. The zero-order valence-electron chi connectivity index (χ0n) is 11.2. The SMILES string of the molecule is CC1(C)C(=O)NC(=O)N1CC(=O)NC(CN)C1CC1. The predicted octanol–water partition coefficient (Wildman–Crippen LogP) is -0.830. The number of hydrogen-bond donors (Lipinski definition) is 3. The molecule has 0 aromatic heterocycles. The van der Waals surface area contributed by atoms with E-state index in [9.17, 15) is 14.4 Å². The minimum Gasteiger partial charge on any atom is -0.350 e. The molecule has 0 aromatic carbocycles. The fraction of sp³-hybridized carbons (Fsp3) is 0.750. The van der Waals surface area contributed by atoms with E-state index in [4.69, 9.17) is 5.73 Å². The Balaban J connectivity index is 1.94. The molecule has 0 radical (unpaired) electrons. The second kappa shape index (κ2) is 4.80. The number of carbonyl (C=O) groups excluding carboxylic acids is 3. The molecule has 19 heavy (non-hydrogen) atoms. The van der Waals surface area contributed by atoms with Gasteiger partial charge in [-0.05, 0) is 32.6 Å². The number of rotatable bonds is 5. The van der Waals surface area contributed by atoms with E-state index in [0.717, 1.165) is 12.8 Å². The van der Waals surface area contributed by atoms with E-state index in [0.29, 0.717) is 12.5 Å². The molecule has 4 amide bonds. The van der Waals surface area contributed by atoms with Gasteiger partial charge < -0.3 is 16.0 Å². The minimum atomic E-state index is -0.994. The molecule has 0 spiro atoms. The Hall–Kier alpha value is -1.63. The number of carbonyl (C=O) groups is 3. The van der Waals surface area contributed by atoms with Crippen molar-refractivity contribution in [3.8, 4) is 0 Å². The van der Waals surface area contributed by atoms with Crippen LogP contribution in [0.1, 0.15) is 26.7 Å². The van der Waals surface area contributed by atoms with E-state index in [-0.39, 0.29) is 24.4 Å². The summed E-state index contributed by atoms with van der Waals surface area (Å²) < 4.78 is 0. The van der Waals surface area contributed by atoms with Crippen LogP contribution in [0.15, 0.2) is 0 Å². The fourth-order valence-electron chi connectivity index (χ4n) is 2.23. The minimum absolute atomic E-state index is 0.0306. The van der Waals surface area contributed by atoms with Crippen molar-refractivity contribution in [1.82, 2.24) is 15.5 Å². The lowest BCUT2D eigenvalue weighted by molar-refractivity contribution is -0.127. The van der Waals surface area contributed by atoms with Gasteiger partial charge in [0.2, 0.25) is 5.91 Å². The van der Waals surface area contributed by atoms with Crippen molar-refractivity contribution in [3.05, 3.63) is 0 Å². The van der Waals surface area contributed by atoms with E-state index in [2.05, 4.69) is 10.6 Å². The normalized spacial score (nSPS) is 23.2. The van der Waals surface area contributed by atoms with E-state index in [1.807, 2.05) is 0 Å². The van der Waals surface area contributed by atoms with Gasteiger partial charge >= 0.3 is 6.03 Å². The lowest BCUT2D eigenvalue weighted by atomic mass is 10.0. The van der Waals surface area contributed by atoms with Crippen LogP contribution < -0.4 is 16.4 Å². The Kier molecular flexibility index (Phi) is 3.49. The highest BCUT2D eigenvalue weighted by Gasteiger charge is 2.46. The molecular formula is C12H20N4O3. The number of nitrogens with one attached hydrogen (secondary N) is 2. The molecule has 2 fully saturated rings. The highest BCUT2D eigenvalue weighted by Crippen LogP contribution is 2.32. The molecular weight excluding hydrogens is 248 g/mol. The van der Waals surface area contributed by atoms with Crippen LogP contribution in [0, 0.1) is 5.92 Å². The zero-order valence-corrected chi connectivity index (χ0v) is 11.2. The first-order valence-electron chi connectivity index (χ1n) is 6.48. The average Bonchev–Trinajstić information content (AvgIpc) is 3.13. The van der Waals surface area contributed by atoms with Gasteiger partial charge in [0.25, 0.3) is 5.91 Å². The Morgan fingerprint density at radius 3 is 2.58 bits per heavy atom. The summed E-state index contributed by atoms with van der Waals surface area (Å²) in [6, 6.07) is -0.558. The van der Waals surface area contributed by atoms with Gasteiger partial charge in [0, 0.05) is 12.6 Å². The summed E-state index contributed by atoms with van der Waals surface area (Å²) in [5.74, 6) is -0.209. The molecule has 1 saturated carbocycles. The van der Waals surface area contributed by atoms with Crippen LogP contribution in [0.4, 0.5) is 4.79 Å². The third-order valence-electron chi connectivity index (χ3n) is 3.79. The van der Waals surface area contributed by atoms with Gasteiger partial charge in [-0.2, -0.15) is 0 Å². The number of amides is 4. The van der Waals surface area contributed by atoms with E-state index < -0.39 is 11.6 Å². The highest BCUT2D eigenvalue weighted by atomic mass is 16.2. The molecule has 0 aromatic rings. The van der Waals surface area contributed by atoms with Crippen LogP contribution in [-0.4, -0.2) is 47.4 Å². The number of nitrogens with zero attached hydrogens (tertiary/aromatic N) is 1. The molecule has 1 heterocycles. The van der Waals surface area contributed by atoms with Gasteiger partial charge in [0.15, 0.2) is 0 Å². The van der Waals surface area contributed by atoms with Crippen molar-refractivity contribution in [3.63, 3.8) is 0 Å². The Labute approximate surface area is 111 Å². The summed E-state index contributed by atoms with van der Waals surface area (Å²) in [5.41, 5.74) is 4.62. The molecule has 0 bridgehead atoms. The molecule has 1 aliphatic carbocycles. The quantitative estimate of drug-likeness (QED) is 0.566. The Morgan fingerprint density at radius 1 is 1.53 bits per heavy atom. The van der Waals surface area contributed by atoms with Gasteiger partial charge in [-0.15, -0.1) is 0 Å². The lowest BCUT2D eigenvalue weighted by Crippen LogP contribution is -2.51. The van der Waals surface area contributed by atoms with E-state index in [1.165, 1.54) is 4.90 Å². The van der Waals surface area contributed by atoms with Gasteiger partial charge in [-0.3, -0.25) is 14.9 Å². The summed E-state index contributed by atoms with van der Waals surface area (Å²) in [6.45, 7) is 3.49. The standard InChI is InChI=1S/C12H20N4O3/c1-12(2)10(18)15-11(19)16(12)6-9(17)14-8(5-13)7-3-4-7/h7-8H,3-6,13H2,1-2H3,(H,14,17)(H,15,18,19). The van der Waals surface area contributed by atoms with Crippen molar-refractivity contribution in [1.29, 1.82) is 0 Å². The van der Waals surface area contributed by atoms with Crippen molar-refractivity contribution in [2.75, 3.05) is 13.1 Å². The second-order valence-electron chi connectivity index (χ2n) is 5.65. The fourth-order valence-corrected chi connectivity index (χ4v) is 2.23. The first-order chi connectivity index (χ1) is 8.86.